The highest BCUT2D eigenvalue weighted by Gasteiger charge is 2.40. The van der Waals surface area contributed by atoms with Crippen molar-refractivity contribution in [2.24, 2.45) is 5.92 Å². The molecule has 1 aromatic carbocycles. The number of halogens is 1. The third-order valence-corrected chi connectivity index (χ3v) is 5.17. The number of likely N-dealkylation sites (tertiary alicyclic amines) is 1. The van der Waals surface area contributed by atoms with Crippen LogP contribution >= 0.6 is 0 Å². The molecule has 2 heterocycles. The van der Waals surface area contributed by atoms with E-state index in [9.17, 15) is 9.18 Å². The molecule has 2 fully saturated rings. The van der Waals surface area contributed by atoms with Crippen LogP contribution in [-0.2, 0) is 0 Å². The quantitative estimate of drug-likeness (QED) is 0.899. The van der Waals surface area contributed by atoms with Crippen LogP contribution in [-0.4, -0.2) is 28.5 Å². The van der Waals surface area contributed by atoms with Gasteiger partial charge in [-0.05, 0) is 61.4 Å². The van der Waals surface area contributed by atoms with Gasteiger partial charge in [-0.2, -0.15) is 0 Å². The summed E-state index contributed by atoms with van der Waals surface area (Å²) in [6.45, 7) is 2.83. The van der Waals surface area contributed by atoms with Gasteiger partial charge in [0.15, 0.2) is 0 Å². The molecule has 1 N–H and O–H groups in total. The summed E-state index contributed by atoms with van der Waals surface area (Å²) in [5, 5.41) is 2.99. The van der Waals surface area contributed by atoms with E-state index in [1.807, 2.05) is 30.0 Å². The fraction of sp³-hybridized carbons (Fsp3) is 0.368. The Kier molecular flexibility index (Phi) is 3.71. The number of anilines is 1. The second-order valence-corrected chi connectivity index (χ2v) is 6.84. The maximum absolute atomic E-state index is 13.4. The number of aromatic nitrogens is 1. The largest absolute Gasteiger partial charge is 0.322 e. The summed E-state index contributed by atoms with van der Waals surface area (Å²) in [6, 6.07) is 7.53. The van der Waals surface area contributed by atoms with Crippen LogP contribution < -0.4 is 5.32 Å². The molecule has 1 aliphatic heterocycles. The highest BCUT2D eigenvalue weighted by atomic mass is 19.1. The summed E-state index contributed by atoms with van der Waals surface area (Å²) in [6.07, 6.45) is 6.33. The minimum atomic E-state index is -0.366. The van der Waals surface area contributed by atoms with E-state index in [0.29, 0.717) is 17.5 Å². The Labute approximate surface area is 140 Å². The summed E-state index contributed by atoms with van der Waals surface area (Å²) in [5.41, 5.74) is 3.33. The van der Waals surface area contributed by atoms with E-state index in [1.165, 1.54) is 18.7 Å². The van der Waals surface area contributed by atoms with Gasteiger partial charge in [-0.1, -0.05) is 6.07 Å². The van der Waals surface area contributed by atoms with Crippen molar-refractivity contribution < 1.29 is 9.18 Å². The number of amides is 2. The van der Waals surface area contributed by atoms with Gasteiger partial charge < -0.3 is 10.2 Å². The standard InChI is InChI=1S/C19H20FN3O/c1-12-2-4-16(8-18(12)14-7-15(20)10-21-9-14)22-19(24)23-11-13-3-5-17(23)6-13/h2,4,7-10,13,17H,3,5-6,11H2,1H3,(H,22,24)/t13-,17?/m0/s1. The number of carbonyl (C=O) groups excluding carboxylic acids is 1. The van der Waals surface area contributed by atoms with Crippen molar-refractivity contribution in [3.05, 3.63) is 48.0 Å². The molecule has 1 aromatic heterocycles. The first kappa shape index (κ1) is 15.1. The molecule has 1 unspecified atom stereocenters. The lowest BCUT2D eigenvalue weighted by Crippen LogP contribution is -2.40. The smallest absolute Gasteiger partial charge is 0.321 e. The molecule has 2 amide bonds. The Balaban J connectivity index is 1.56. The third-order valence-electron chi connectivity index (χ3n) is 5.17. The molecule has 1 aliphatic carbocycles. The molecule has 0 spiro atoms. The number of rotatable bonds is 2. The molecule has 124 valence electrons. The Hall–Kier alpha value is -2.43. The highest BCUT2D eigenvalue weighted by molar-refractivity contribution is 5.91. The molecule has 2 aromatic rings. The lowest BCUT2D eigenvalue weighted by Gasteiger charge is -2.27. The molecule has 4 rings (SSSR count). The van der Waals surface area contributed by atoms with Crippen molar-refractivity contribution in [1.29, 1.82) is 0 Å². The average molecular weight is 325 g/mol. The van der Waals surface area contributed by atoms with Gasteiger partial charge in [0.1, 0.15) is 5.82 Å². The number of hydrogen-bond acceptors (Lipinski definition) is 2. The Morgan fingerprint density at radius 2 is 2.17 bits per heavy atom. The SMILES string of the molecule is Cc1ccc(NC(=O)N2C[C@H]3CCC2C3)cc1-c1cncc(F)c1. The second-order valence-electron chi connectivity index (χ2n) is 6.84. The number of aryl methyl sites for hydroxylation is 1. The summed E-state index contributed by atoms with van der Waals surface area (Å²) < 4.78 is 13.4. The van der Waals surface area contributed by atoms with Crippen molar-refractivity contribution in [1.82, 2.24) is 9.88 Å². The summed E-state index contributed by atoms with van der Waals surface area (Å²) >= 11 is 0. The lowest BCUT2D eigenvalue weighted by molar-refractivity contribution is 0.194. The molecule has 2 bridgehead atoms. The number of nitrogens with one attached hydrogen (secondary N) is 1. The summed E-state index contributed by atoms with van der Waals surface area (Å²) in [7, 11) is 0. The van der Waals surface area contributed by atoms with E-state index in [0.717, 1.165) is 36.2 Å². The number of benzene rings is 1. The van der Waals surface area contributed by atoms with Crippen LogP contribution in [0.3, 0.4) is 0 Å². The van der Waals surface area contributed by atoms with Gasteiger partial charge in [0.05, 0.1) is 6.20 Å². The highest BCUT2D eigenvalue weighted by Crippen LogP contribution is 2.37. The van der Waals surface area contributed by atoms with Crippen molar-refractivity contribution in [3.8, 4) is 11.1 Å². The first-order chi connectivity index (χ1) is 11.6. The zero-order valence-corrected chi connectivity index (χ0v) is 13.6. The first-order valence-electron chi connectivity index (χ1n) is 8.39. The molecule has 4 nitrogen and oxygen atoms in total. The fourth-order valence-electron chi connectivity index (χ4n) is 3.94. The molecular weight excluding hydrogens is 305 g/mol. The van der Waals surface area contributed by atoms with Crippen molar-refractivity contribution >= 4 is 11.7 Å². The predicted molar refractivity (Wildman–Crippen MR) is 91.2 cm³/mol. The van der Waals surface area contributed by atoms with Crippen molar-refractivity contribution in [2.75, 3.05) is 11.9 Å². The van der Waals surface area contributed by atoms with E-state index < -0.39 is 0 Å². The molecule has 2 aliphatic rings. The molecule has 0 radical (unpaired) electrons. The summed E-state index contributed by atoms with van der Waals surface area (Å²) in [4.78, 5) is 18.4. The van der Waals surface area contributed by atoms with Gasteiger partial charge in [0.2, 0.25) is 0 Å². The number of fused-ring (bicyclic) bond motifs is 2. The Morgan fingerprint density at radius 3 is 2.88 bits per heavy atom. The van der Waals surface area contributed by atoms with Gasteiger partial charge in [-0.15, -0.1) is 0 Å². The zero-order chi connectivity index (χ0) is 16.7. The molecule has 2 atom stereocenters. The number of nitrogens with zero attached hydrogens (tertiary/aromatic N) is 2. The number of pyridine rings is 1. The normalized spacial score (nSPS) is 22.0. The first-order valence-corrected chi connectivity index (χ1v) is 8.39. The minimum Gasteiger partial charge on any atom is -0.321 e. The molecule has 5 heteroatoms. The van der Waals surface area contributed by atoms with Gasteiger partial charge >= 0.3 is 6.03 Å². The van der Waals surface area contributed by atoms with Gasteiger partial charge in [0.25, 0.3) is 0 Å². The second kappa shape index (κ2) is 5.89. The third kappa shape index (κ3) is 2.75. The van der Waals surface area contributed by atoms with Crippen LogP contribution in [0.15, 0.2) is 36.7 Å². The van der Waals surface area contributed by atoms with E-state index in [4.69, 9.17) is 0 Å². The topological polar surface area (TPSA) is 45.2 Å². The Morgan fingerprint density at radius 1 is 1.29 bits per heavy atom. The van der Waals surface area contributed by atoms with Gasteiger partial charge in [-0.25, -0.2) is 9.18 Å². The number of hydrogen-bond donors (Lipinski definition) is 1. The van der Waals surface area contributed by atoms with E-state index in [-0.39, 0.29) is 11.8 Å². The number of urea groups is 1. The lowest BCUT2D eigenvalue weighted by atomic mass is 10.0. The molecular formula is C19H20FN3O. The maximum atomic E-state index is 13.4. The number of piperidine rings is 1. The van der Waals surface area contributed by atoms with Crippen molar-refractivity contribution in [2.45, 2.75) is 32.2 Å². The Bertz CT molecular complexity index is 792. The van der Waals surface area contributed by atoms with E-state index in [2.05, 4.69) is 10.3 Å². The van der Waals surface area contributed by atoms with Gasteiger partial charge in [0, 0.05) is 30.0 Å². The van der Waals surface area contributed by atoms with E-state index >= 15 is 0 Å². The molecule has 1 saturated carbocycles. The predicted octanol–water partition coefficient (Wildman–Crippen LogP) is 4.21. The van der Waals surface area contributed by atoms with Crippen LogP contribution in [0.2, 0.25) is 0 Å². The van der Waals surface area contributed by atoms with Crippen LogP contribution in [0.5, 0.6) is 0 Å². The maximum Gasteiger partial charge on any atom is 0.322 e. The van der Waals surface area contributed by atoms with Crippen LogP contribution in [0.25, 0.3) is 11.1 Å². The van der Waals surface area contributed by atoms with Crippen LogP contribution in [0.4, 0.5) is 14.9 Å². The number of carbonyl (C=O) groups is 1. The summed E-state index contributed by atoms with van der Waals surface area (Å²) in [5.74, 6) is 0.308. The fourth-order valence-corrected chi connectivity index (χ4v) is 3.94. The van der Waals surface area contributed by atoms with E-state index in [1.54, 1.807) is 6.20 Å². The molecule has 24 heavy (non-hydrogen) atoms. The van der Waals surface area contributed by atoms with Gasteiger partial charge in [-0.3, -0.25) is 4.98 Å². The van der Waals surface area contributed by atoms with Crippen molar-refractivity contribution in [3.63, 3.8) is 0 Å². The van der Waals surface area contributed by atoms with Crippen LogP contribution in [0, 0.1) is 18.7 Å². The average Bonchev–Trinajstić information content (AvgIpc) is 3.20. The monoisotopic (exact) mass is 325 g/mol. The molecule has 1 saturated heterocycles. The minimum absolute atomic E-state index is 0.0330. The zero-order valence-electron chi connectivity index (χ0n) is 13.6. The van der Waals surface area contributed by atoms with Crippen LogP contribution in [0.1, 0.15) is 24.8 Å².